The van der Waals surface area contributed by atoms with Gasteiger partial charge in [0.2, 0.25) is 0 Å². The first-order chi connectivity index (χ1) is 6.54. The first-order valence-electron chi connectivity index (χ1n) is 5.10. The summed E-state index contributed by atoms with van der Waals surface area (Å²) in [5.41, 5.74) is 1.58. The summed E-state index contributed by atoms with van der Waals surface area (Å²) in [6.07, 6.45) is 4.79. The first kappa shape index (κ1) is 11.2. The molecule has 1 aromatic rings. The van der Waals surface area contributed by atoms with Crippen molar-refractivity contribution in [3.05, 3.63) is 30.1 Å². The number of aromatic nitrogens is 1. The minimum atomic E-state index is 0.282. The van der Waals surface area contributed by atoms with Crippen LogP contribution in [0.1, 0.15) is 26.3 Å². The van der Waals surface area contributed by atoms with Gasteiger partial charge in [0.15, 0.2) is 0 Å². The van der Waals surface area contributed by atoms with Crippen molar-refractivity contribution in [3.63, 3.8) is 0 Å². The molecule has 0 aliphatic rings. The molecule has 78 valence electrons. The Morgan fingerprint density at radius 2 is 2.14 bits per heavy atom. The molecule has 0 saturated heterocycles. The lowest BCUT2D eigenvalue weighted by molar-refractivity contribution is 0.279. The van der Waals surface area contributed by atoms with Crippen LogP contribution in [-0.4, -0.2) is 18.1 Å². The molecule has 0 amide bonds. The van der Waals surface area contributed by atoms with Crippen LogP contribution in [0.5, 0.6) is 0 Å². The molecule has 0 spiro atoms. The van der Waals surface area contributed by atoms with Gasteiger partial charge in [-0.3, -0.25) is 4.98 Å². The lowest BCUT2D eigenvalue weighted by atomic mass is 9.83. The zero-order valence-electron chi connectivity index (χ0n) is 9.54. The van der Waals surface area contributed by atoms with Gasteiger partial charge in [0.25, 0.3) is 0 Å². The molecule has 1 rings (SSSR count). The van der Waals surface area contributed by atoms with Crippen molar-refractivity contribution < 1.29 is 0 Å². The molecular formula is C12H20N2. The Kier molecular flexibility index (Phi) is 3.64. The van der Waals surface area contributed by atoms with Gasteiger partial charge in [0, 0.05) is 18.4 Å². The van der Waals surface area contributed by atoms with Gasteiger partial charge in [0.1, 0.15) is 0 Å². The van der Waals surface area contributed by atoms with E-state index in [2.05, 4.69) is 37.1 Å². The van der Waals surface area contributed by atoms with Crippen molar-refractivity contribution >= 4 is 0 Å². The molecule has 0 radical (unpaired) electrons. The van der Waals surface area contributed by atoms with E-state index in [4.69, 9.17) is 0 Å². The SMILES string of the molecule is CNC(Cc1cccnc1)C(C)(C)C. The van der Waals surface area contributed by atoms with Crippen molar-refractivity contribution in [2.75, 3.05) is 7.05 Å². The van der Waals surface area contributed by atoms with Gasteiger partial charge in [-0.05, 0) is 30.5 Å². The van der Waals surface area contributed by atoms with Crippen molar-refractivity contribution in [1.29, 1.82) is 0 Å². The van der Waals surface area contributed by atoms with Crippen LogP contribution < -0.4 is 5.32 Å². The molecular weight excluding hydrogens is 172 g/mol. The summed E-state index contributed by atoms with van der Waals surface area (Å²) < 4.78 is 0. The van der Waals surface area contributed by atoms with Crippen molar-refractivity contribution in [3.8, 4) is 0 Å². The fourth-order valence-electron chi connectivity index (χ4n) is 1.60. The molecule has 0 aromatic carbocycles. The van der Waals surface area contributed by atoms with Crippen LogP contribution in [0, 0.1) is 5.41 Å². The van der Waals surface area contributed by atoms with Crippen LogP contribution in [0.3, 0.4) is 0 Å². The lowest BCUT2D eigenvalue weighted by Crippen LogP contribution is -2.39. The first-order valence-corrected chi connectivity index (χ1v) is 5.10. The standard InChI is InChI=1S/C12H20N2/c1-12(2,3)11(13-4)8-10-6-5-7-14-9-10/h5-7,9,11,13H,8H2,1-4H3. The predicted molar refractivity (Wildman–Crippen MR) is 60.2 cm³/mol. The molecule has 1 N–H and O–H groups in total. The number of hydrogen-bond donors (Lipinski definition) is 1. The van der Waals surface area contributed by atoms with E-state index in [1.54, 1.807) is 0 Å². The van der Waals surface area contributed by atoms with Crippen LogP contribution in [0.25, 0.3) is 0 Å². The second kappa shape index (κ2) is 4.56. The number of nitrogens with zero attached hydrogens (tertiary/aromatic N) is 1. The lowest BCUT2D eigenvalue weighted by Gasteiger charge is -2.30. The molecule has 1 heterocycles. The Morgan fingerprint density at radius 1 is 1.43 bits per heavy atom. The summed E-state index contributed by atoms with van der Waals surface area (Å²) in [5, 5.41) is 3.36. The second-order valence-corrected chi connectivity index (χ2v) is 4.77. The van der Waals surface area contributed by atoms with Gasteiger partial charge >= 0.3 is 0 Å². The van der Waals surface area contributed by atoms with Crippen molar-refractivity contribution in [2.24, 2.45) is 5.41 Å². The summed E-state index contributed by atoms with van der Waals surface area (Å²) >= 11 is 0. The van der Waals surface area contributed by atoms with E-state index >= 15 is 0 Å². The van der Waals surface area contributed by atoms with Crippen molar-refractivity contribution in [2.45, 2.75) is 33.2 Å². The summed E-state index contributed by atoms with van der Waals surface area (Å²) in [5.74, 6) is 0. The summed E-state index contributed by atoms with van der Waals surface area (Å²) in [7, 11) is 2.02. The Hall–Kier alpha value is -0.890. The van der Waals surface area contributed by atoms with Crippen LogP contribution in [0.4, 0.5) is 0 Å². The molecule has 0 saturated carbocycles. The Balaban J connectivity index is 2.67. The zero-order chi connectivity index (χ0) is 10.6. The molecule has 14 heavy (non-hydrogen) atoms. The molecule has 0 aliphatic carbocycles. The fraction of sp³-hybridized carbons (Fsp3) is 0.583. The second-order valence-electron chi connectivity index (χ2n) is 4.77. The highest BCUT2D eigenvalue weighted by Gasteiger charge is 2.22. The van der Waals surface area contributed by atoms with Crippen LogP contribution in [0.15, 0.2) is 24.5 Å². The van der Waals surface area contributed by atoms with E-state index in [0.29, 0.717) is 6.04 Å². The third-order valence-electron chi connectivity index (χ3n) is 2.56. The molecule has 1 aromatic heterocycles. The van der Waals surface area contributed by atoms with Crippen LogP contribution >= 0.6 is 0 Å². The van der Waals surface area contributed by atoms with E-state index < -0.39 is 0 Å². The quantitative estimate of drug-likeness (QED) is 0.794. The largest absolute Gasteiger partial charge is 0.316 e. The molecule has 1 atom stereocenters. The molecule has 2 nitrogen and oxygen atoms in total. The number of pyridine rings is 1. The van der Waals surface area contributed by atoms with E-state index in [0.717, 1.165) is 6.42 Å². The summed E-state index contributed by atoms with van der Waals surface area (Å²) in [6.45, 7) is 6.76. The third kappa shape index (κ3) is 3.11. The monoisotopic (exact) mass is 192 g/mol. The smallest absolute Gasteiger partial charge is 0.0300 e. The maximum Gasteiger partial charge on any atom is 0.0300 e. The zero-order valence-corrected chi connectivity index (χ0v) is 9.54. The predicted octanol–water partition coefficient (Wildman–Crippen LogP) is 2.26. The van der Waals surface area contributed by atoms with Crippen molar-refractivity contribution in [1.82, 2.24) is 10.3 Å². The van der Waals surface area contributed by atoms with Gasteiger partial charge in [-0.25, -0.2) is 0 Å². The Labute approximate surface area is 86.8 Å². The normalized spacial score (nSPS) is 14.0. The average Bonchev–Trinajstić information content (AvgIpc) is 2.14. The summed E-state index contributed by atoms with van der Waals surface area (Å²) in [6, 6.07) is 4.61. The number of likely N-dealkylation sites (N-methyl/N-ethyl adjacent to an activating group) is 1. The maximum absolute atomic E-state index is 4.13. The number of hydrogen-bond acceptors (Lipinski definition) is 2. The average molecular weight is 192 g/mol. The van der Waals surface area contributed by atoms with Gasteiger partial charge < -0.3 is 5.32 Å². The Bertz CT molecular complexity index is 261. The number of rotatable bonds is 3. The molecule has 1 unspecified atom stereocenters. The highest BCUT2D eigenvalue weighted by molar-refractivity contribution is 5.11. The maximum atomic E-state index is 4.13. The third-order valence-corrected chi connectivity index (χ3v) is 2.56. The van der Waals surface area contributed by atoms with Gasteiger partial charge in [-0.2, -0.15) is 0 Å². The highest BCUT2D eigenvalue weighted by atomic mass is 14.9. The van der Waals surface area contributed by atoms with Crippen LogP contribution in [-0.2, 0) is 6.42 Å². The number of nitrogens with one attached hydrogen (secondary N) is 1. The van der Waals surface area contributed by atoms with Gasteiger partial charge in [-0.15, -0.1) is 0 Å². The minimum Gasteiger partial charge on any atom is -0.316 e. The van der Waals surface area contributed by atoms with Gasteiger partial charge in [0.05, 0.1) is 0 Å². The van der Waals surface area contributed by atoms with E-state index in [-0.39, 0.29) is 5.41 Å². The molecule has 0 aliphatic heterocycles. The minimum absolute atomic E-state index is 0.282. The van der Waals surface area contributed by atoms with E-state index in [1.807, 2.05) is 25.5 Å². The highest BCUT2D eigenvalue weighted by Crippen LogP contribution is 2.21. The topological polar surface area (TPSA) is 24.9 Å². The van der Waals surface area contributed by atoms with E-state index in [9.17, 15) is 0 Å². The fourth-order valence-corrected chi connectivity index (χ4v) is 1.60. The Morgan fingerprint density at radius 3 is 2.57 bits per heavy atom. The van der Waals surface area contributed by atoms with E-state index in [1.165, 1.54) is 5.56 Å². The molecule has 2 heteroatoms. The molecule has 0 fully saturated rings. The van der Waals surface area contributed by atoms with Gasteiger partial charge in [-0.1, -0.05) is 26.8 Å². The molecule has 0 bridgehead atoms. The van der Waals surface area contributed by atoms with Crippen LogP contribution in [0.2, 0.25) is 0 Å². The summed E-state index contributed by atoms with van der Waals surface area (Å²) in [4.78, 5) is 4.13.